The Kier molecular flexibility index (Phi) is 6.71. The number of piperidine rings is 1. The van der Waals surface area contributed by atoms with Gasteiger partial charge < -0.3 is 10.1 Å². The average Bonchev–Trinajstić information content (AvgIpc) is 2.83. The lowest BCUT2D eigenvalue weighted by molar-refractivity contribution is -0.120. The maximum absolute atomic E-state index is 13.5. The van der Waals surface area contributed by atoms with Crippen molar-refractivity contribution in [3.05, 3.63) is 84.4 Å². The third kappa shape index (κ3) is 5.20. The molecule has 1 N–H and O–H groups in total. The third-order valence-electron chi connectivity index (χ3n) is 5.47. The predicted octanol–water partition coefficient (Wildman–Crippen LogP) is 4.80. The number of para-hydroxylation sites is 3. The minimum atomic E-state index is -3.98. The molecule has 3 aromatic carbocycles. The molecule has 172 valence electrons. The standard InChI is InChI=1S/C24H22F2N2O4S/c25-20-11-10-19(16-21(20)26)33(30,31)28-14-12-17(13-15-28)24(29)27-22-8-4-5-9-23(22)32-18-6-2-1-3-7-18/h1-11,16-17H,12-15H2,(H,27,29). The molecule has 1 aliphatic heterocycles. The van der Waals surface area contributed by atoms with Crippen LogP contribution in [0, 0.1) is 17.6 Å². The van der Waals surface area contributed by atoms with Crippen molar-refractivity contribution in [3.8, 4) is 11.5 Å². The van der Waals surface area contributed by atoms with Gasteiger partial charge in [-0.15, -0.1) is 0 Å². The molecule has 0 spiro atoms. The molecule has 4 rings (SSSR count). The molecule has 0 unspecified atom stereocenters. The van der Waals surface area contributed by atoms with E-state index in [0.29, 0.717) is 36.1 Å². The molecule has 1 heterocycles. The van der Waals surface area contributed by atoms with Gasteiger partial charge in [-0.2, -0.15) is 4.31 Å². The van der Waals surface area contributed by atoms with Crippen molar-refractivity contribution in [2.45, 2.75) is 17.7 Å². The topological polar surface area (TPSA) is 75.7 Å². The van der Waals surface area contributed by atoms with Gasteiger partial charge in [0.15, 0.2) is 17.4 Å². The number of hydrogen-bond acceptors (Lipinski definition) is 4. The van der Waals surface area contributed by atoms with Crippen molar-refractivity contribution in [2.24, 2.45) is 5.92 Å². The Morgan fingerprint density at radius 2 is 1.58 bits per heavy atom. The van der Waals surface area contributed by atoms with Crippen LogP contribution in [0.25, 0.3) is 0 Å². The molecule has 6 nitrogen and oxygen atoms in total. The molecule has 3 aromatic rings. The zero-order valence-electron chi connectivity index (χ0n) is 17.6. The summed E-state index contributed by atoms with van der Waals surface area (Å²) in [4.78, 5) is 12.5. The Hall–Kier alpha value is -3.30. The molecule has 9 heteroatoms. The van der Waals surface area contributed by atoms with E-state index in [9.17, 15) is 22.0 Å². The number of anilines is 1. The van der Waals surface area contributed by atoms with E-state index < -0.39 is 27.6 Å². The summed E-state index contributed by atoms with van der Waals surface area (Å²) in [6, 6.07) is 18.7. The Labute approximate surface area is 190 Å². The van der Waals surface area contributed by atoms with Crippen molar-refractivity contribution in [3.63, 3.8) is 0 Å². The molecule has 0 aliphatic carbocycles. The van der Waals surface area contributed by atoms with E-state index in [0.717, 1.165) is 12.1 Å². The molecule has 0 bridgehead atoms. The molecule has 0 radical (unpaired) electrons. The number of nitrogens with one attached hydrogen (secondary N) is 1. The fourth-order valence-electron chi connectivity index (χ4n) is 3.65. The highest BCUT2D eigenvalue weighted by atomic mass is 32.2. The fraction of sp³-hybridized carbons (Fsp3) is 0.208. The molecule has 1 amide bonds. The Balaban J connectivity index is 1.40. The SMILES string of the molecule is O=C(Nc1ccccc1Oc1ccccc1)C1CCN(S(=O)(=O)c2ccc(F)c(F)c2)CC1. The smallest absolute Gasteiger partial charge is 0.243 e. The molecule has 1 saturated heterocycles. The number of benzene rings is 3. The van der Waals surface area contributed by atoms with Crippen LogP contribution in [0.4, 0.5) is 14.5 Å². The Morgan fingerprint density at radius 3 is 2.27 bits per heavy atom. The molecular formula is C24H22F2N2O4S. The zero-order valence-corrected chi connectivity index (χ0v) is 18.4. The van der Waals surface area contributed by atoms with Gasteiger partial charge in [0.1, 0.15) is 5.75 Å². The molecule has 0 aromatic heterocycles. The van der Waals surface area contributed by atoms with E-state index in [2.05, 4.69) is 5.32 Å². The van der Waals surface area contributed by atoms with Crippen LogP contribution in [0.3, 0.4) is 0 Å². The Morgan fingerprint density at radius 1 is 0.909 bits per heavy atom. The highest BCUT2D eigenvalue weighted by molar-refractivity contribution is 7.89. The van der Waals surface area contributed by atoms with Crippen molar-refractivity contribution in [1.82, 2.24) is 4.31 Å². The molecular weight excluding hydrogens is 450 g/mol. The van der Waals surface area contributed by atoms with Crippen LogP contribution in [0.2, 0.25) is 0 Å². The highest BCUT2D eigenvalue weighted by Gasteiger charge is 2.32. The van der Waals surface area contributed by atoms with Crippen LogP contribution in [0.1, 0.15) is 12.8 Å². The number of amides is 1. The second-order valence-corrected chi connectivity index (χ2v) is 9.59. The first-order valence-corrected chi connectivity index (χ1v) is 11.9. The largest absolute Gasteiger partial charge is 0.455 e. The van der Waals surface area contributed by atoms with Gasteiger partial charge in [0.25, 0.3) is 0 Å². The summed E-state index contributed by atoms with van der Waals surface area (Å²) in [7, 11) is -3.98. The summed E-state index contributed by atoms with van der Waals surface area (Å²) in [5, 5.41) is 2.88. The number of carbonyl (C=O) groups is 1. The van der Waals surface area contributed by atoms with Crippen LogP contribution >= 0.6 is 0 Å². The van der Waals surface area contributed by atoms with Gasteiger partial charge in [-0.25, -0.2) is 17.2 Å². The van der Waals surface area contributed by atoms with Gasteiger partial charge >= 0.3 is 0 Å². The number of nitrogens with zero attached hydrogens (tertiary/aromatic N) is 1. The van der Waals surface area contributed by atoms with Gasteiger partial charge in [-0.3, -0.25) is 4.79 Å². The highest BCUT2D eigenvalue weighted by Crippen LogP contribution is 2.31. The van der Waals surface area contributed by atoms with Crippen LogP contribution in [0.5, 0.6) is 11.5 Å². The van der Waals surface area contributed by atoms with Gasteiger partial charge in [0.05, 0.1) is 10.6 Å². The van der Waals surface area contributed by atoms with E-state index >= 15 is 0 Å². The van der Waals surface area contributed by atoms with Crippen molar-refractivity contribution in [1.29, 1.82) is 0 Å². The molecule has 33 heavy (non-hydrogen) atoms. The van der Waals surface area contributed by atoms with Crippen molar-refractivity contribution >= 4 is 21.6 Å². The van der Waals surface area contributed by atoms with E-state index in [4.69, 9.17) is 4.74 Å². The summed E-state index contributed by atoms with van der Waals surface area (Å²) >= 11 is 0. The van der Waals surface area contributed by atoms with Crippen LogP contribution < -0.4 is 10.1 Å². The Bertz CT molecular complexity index is 1240. The molecule has 1 aliphatic rings. The van der Waals surface area contributed by atoms with Crippen molar-refractivity contribution < 1.29 is 26.7 Å². The summed E-state index contributed by atoms with van der Waals surface area (Å²) in [5.74, 6) is -1.83. The second-order valence-electron chi connectivity index (χ2n) is 7.65. The fourth-order valence-corrected chi connectivity index (χ4v) is 5.14. The number of carbonyl (C=O) groups excluding carboxylic acids is 1. The summed E-state index contributed by atoms with van der Waals surface area (Å²) in [5.41, 5.74) is 0.517. The lowest BCUT2D eigenvalue weighted by Crippen LogP contribution is -2.41. The molecule has 1 fully saturated rings. The third-order valence-corrected chi connectivity index (χ3v) is 7.36. The summed E-state index contributed by atoms with van der Waals surface area (Å²) in [6.07, 6.45) is 0.604. The van der Waals surface area contributed by atoms with Gasteiger partial charge in [-0.05, 0) is 55.3 Å². The molecule has 0 saturated carbocycles. The monoisotopic (exact) mass is 472 g/mol. The number of halogens is 2. The number of hydrogen-bond donors (Lipinski definition) is 1. The summed E-state index contributed by atoms with van der Waals surface area (Å²) < 4.78 is 59.2. The zero-order chi connectivity index (χ0) is 23.4. The normalized spacial score (nSPS) is 15.2. The maximum atomic E-state index is 13.5. The number of ether oxygens (including phenoxy) is 1. The quantitative estimate of drug-likeness (QED) is 0.559. The first kappa shape index (κ1) is 22.9. The van der Waals surface area contributed by atoms with E-state index in [1.807, 2.05) is 30.3 Å². The van der Waals surface area contributed by atoms with Crippen LogP contribution in [-0.2, 0) is 14.8 Å². The van der Waals surface area contributed by atoms with Crippen LogP contribution in [-0.4, -0.2) is 31.7 Å². The van der Waals surface area contributed by atoms with E-state index in [1.165, 1.54) is 4.31 Å². The number of rotatable bonds is 6. The molecule has 0 atom stereocenters. The minimum absolute atomic E-state index is 0.0988. The van der Waals surface area contributed by atoms with Gasteiger partial charge in [0.2, 0.25) is 15.9 Å². The number of sulfonamides is 1. The first-order valence-electron chi connectivity index (χ1n) is 10.4. The maximum Gasteiger partial charge on any atom is 0.243 e. The second kappa shape index (κ2) is 9.68. The van der Waals surface area contributed by atoms with E-state index in [-0.39, 0.29) is 23.9 Å². The van der Waals surface area contributed by atoms with Gasteiger partial charge in [-0.1, -0.05) is 30.3 Å². The van der Waals surface area contributed by atoms with E-state index in [1.54, 1.807) is 24.3 Å². The lowest BCUT2D eigenvalue weighted by Gasteiger charge is -2.30. The average molecular weight is 473 g/mol. The lowest BCUT2D eigenvalue weighted by atomic mass is 9.97. The predicted molar refractivity (Wildman–Crippen MR) is 119 cm³/mol. The summed E-state index contributed by atoms with van der Waals surface area (Å²) in [6.45, 7) is 0.198. The minimum Gasteiger partial charge on any atom is -0.455 e. The van der Waals surface area contributed by atoms with Gasteiger partial charge in [0, 0.05) is 19.0 Å². The first-order chi connectivity index (χ1) is 15.8. The van der Waals surface area contributed by atoms with Crippen molar-refractivity contribution in [2.75, 3.05) is 18.4 Å². The van der Waals surface area contributed by atoms with Crippen LogP contribution in [0.15, 0.2) is 77.7 Å².